The van der Waals surface area contributed by atoms with E-state index >= 15 is 0 Å². The molecule has 0 aliphatic heterocycles. The number of nitrogens with zero attached hydrogens (tertiary/aromatic N) is 2. The van der Waals surface area contributed by atoms with Gasteiger partial charge < -0.3 is 0 Å². The van der Waals surface area contributed by atoms with Crippen LogP contribution < -0.4 is 5.32 Å². The molecule has 1 aromatic heterocycles. The van der Waals surface area contributed by atoms with Crippen LogP contribution in [0.4, 0.5) is 22.7 Å². The summed E-state index contributed by atoms with van der Waals surface area (Å²) in [6, 6.07) is 2.06. The van der Waals surface area contributed by atoms with Crippen molar-refractivity contribution in [3.8, 4) is 10.6 Å². The van der Waals surface area contributed by atoms with Gasteiger partial charge in [-0.25, -0.2) is 4.39 Å². The Kier molecular flexibility index (Phi) is 4.43. The maximum absolute atomic E-state index is 13.3. The molecule has 0 saturated carbocycles. The maximum Gasteiger partial charge on any atom is 0.416 e. The summed E-state index contributed by atoms with van der Waals surface area (Å²) in [5.74, 6) is -1.87. The number of rotatable bonds is 3. The zero-order chi connectivity index (χ0) is 15.6. The third kappa shape index (κ3) is 3.88. The van der Waals surface area contributed by atoms with Gasteiger partial charge in [-0.3, -0.25) is 10.1 Å². The molecule has 2 aromatic rings. The molecule has 0 fully saturated rings. The van der Waals surface area contributed by atoms with Gasteiger partial charge >= 0.3 is 6.18 Å². The Labute approximate surface area is 124 Å². The van der Waals surface area contributed by atoms with Crippen molar-refractivity contribution in [1.82, 2.24) is 10.2 Å². The van der Waals surface area contributed by atoms with E-state index in [0.717, 1.165) is 23.5 Å². The number of alkyl halides is 4. The minimum atomic E-state index is -4.67. The van der Waals surface area contributed by atoms with E-state index in [0.29, 0.717) is 6.07 Å². The zero-order valence-corrected chi connectivity index (χ0v) is 11.6. The van der Waals surface area contributed by atoms with Crippen molar-refractivity contribution in [2.45, 2.75) is 6.18 Å². The molecule has 10 heteroatoms. The Morgan fingerprint density at radius 3 is 2.62 bits per heavy atom. The summed E-state index contributed by atoms with van der Waals surface area (Å²) in [5, 5.41) is 9.60. The molecule has 2 rings (SSSR count). The molecular formula is C11H6ClF4N3OS. The van der Waals surface area contributed by atoms with E-state index in [4.69, 9.17) is 11.6 Å². The highest BCUT2D eigenvalue weighted by atomic mass is 35.5. The molecule has 0 radical (unpaired) electrons. The molecule has 0 bridgehead atoms. The predicted molar refractivity (Wildman–Crippen MR) is 69.7 cm³/mol. The maximum atomic E-state index is 13.3. The first-order valence-electron chi connectivity index (χ1n) is 5.37. The average molecular weight is 340 g/mol. The first-order chi connectivity index (χ1) is 9.79. The van der Waals surface area contributed by atoms with Crippen LogP contribution in [0.2, 0.25) is 0 Å². The number of carbonyl (C=O) groups excluding carboxylic acids is 1. The molecule has 1 amide bonds. The normalized spacial score (nSPS) is 11.5. The van der Waals surface area contributed by atoms with E-state index in [1.165, 1.54) is 0 Å². The third-order valence-electron chi connectivity index (χ3n) is 2.26. The second-order valence-electron chi connectivity index (χ2n) is 3.82. The molecule has 112 valence electrons. The van der Waals surface area contributed by atoms with Gasteiger partial charge in [0.1, 0.15) is 16.7 Å². The molecule has 1 aromatic carbocycles. The van der Waals surface area contributed by atoms with Gasteiger partial charge in [-0.15, -0.1) is 21.8 Å². The van der Waals surface area contributed by atoms with Crippen molar-refractivity contribution in [3.05, 3.63) is 29.6 Å². The Bertz CT molecular complexity index is 674. The van der Waals surface area contributed by atoms with Gasteiger partial charge in [0, 0.05) is 5.56 Å². The quantitative estimate of drug-likeness (QED) is 0.687. The number of halogens is 5. The number of aromatic nitrogens is 2. The highest BCUT2D eigenvalue weighted by molar-refractivity contribution is 7.18. The van der Waals surface area contributed by atoms with Crippen LogP contribution in [0.3, 0.4) is 0 Å². The van der Waals surface area contributed by atoms with Crippen LogP contribution in [-0.2, 0) is 11.0 Å². The lowest BCUT2D eigenvalue weighted by atomic mass is 10.1. The number of hydrogen-bond acceptors (Lipinski definition) is 4. The zero-order valence-electron chi connectivity index (χ0n) is 10.0. The molecule has 0 aliphatic rings. The number of nitrogens with one attached hydrogen (secondary N) is 1. The standard InChI is InChI=1S/C11H6ClF4N3OS/c12-4-8(20)17-10-19-18-9(21-10)5-1-6(11(14,15)16)3-7(13)2-5/h1-3H,4H2,(H,17,19,20). The van der Waals surface area contributed by atoms with E-state index in [2.05, 4.69) is 15.5 Å². The molecule has 0 atom stereocenters. The van der Waals surface area contributed by atoms with Crippen LogP contribution in [0.5, 0.6) is 0 Å². The molecule has 0 spiro atoms. The van der Waals surface area contributed by atoms with Crippen LogP contribution in [0.1, 0.15) is 5.56 Å². The van der Waals surface area contributed by atoms with E-state index in [-0.39, 0.29) is 21.6 Å². The van der Waals surface area contributed by atoms with Crippen LogP contribution in [0, 0.1) is 5.82 Å². The van der Waals surface area contributed by atoms with Gasteiger partial charge in [-0.05, 0) is 18.2 Å². The van der Waals surface area contributed by atoms with Crippen molar-refractivity contribution >= 4 is 34.0 Å². The van der Waals surface area contributed by atoms with Crippen molar-refractivity contribution in [2.24, 2.45) is 0 Å². The largest absolute Gasteiger partial charge is 0.416 e. The minimum absolute atomic E-state index is 0.0462. The molecular weight excluding hydrogens is 334 g/mol. The third-order valence-corrected chi connectivity index (χ3v) is 3.40. The Morgan fingerprint density at radius 2 is 2.00 bits per heavy atom. The summed E-state index contributed by atoms with van der Waals surface area (Å²) in [7, 11) is 0. The lowest BCUT2D eigenvalue weighted by Gasteiger charge is -2.07. The monoisotopic (exact) mass is 339 g/mol. The predicted octanol–water partition coefficient (Wildman–Crippen LogP) is 3.54. The van der Waals surface area contributed by atoms with Crippen LogP contribution in [0.25, 0.3) is 10.6 Å². The molecule has 4 nitrogen and oxygen atoms in total. The van der Waals surface area contributed by atoms with Gasteiger partial charge in [0.2, 0.25) is 11.0 Å². The lowest BCUT2D eigenvalue weighted by Crippen LogP contribution is -2.12. The van der Waals surface area contributed by atoms with E-state index in [9.17, 15) is 22.4 Å². The van der Waals surface area contributed by atoms with Crippen LogP contribution >= 0.6 is 22.9 Å². The van der Waals surface area contributed by atoms with E-state index < -0.39 is 23.5 Å². The molecule has 0 unspecified atom stereocenters. The molecule has 1 N–H and O–H groups in total. The van der Waals surface area contributed by atoms with Gasteiger partial charge in [-0.1, -0.05) is 11.3 Å². The molecule has 1 heterocycles. The number of hydrogen-bond donors (Lipinski definition) is 1. The van der Waals surface area contributed by atoms with Crippen LogP contribution in [0.15, 0.2) is 18.2 Å². The summed E-state index contributed by atoms with van der Waals surface area (Å²) < 4.78 is 51.1. The lowest BCUT2D eigenvalue weighted by molar-refractivity contribution is -0.137. The molecule has 21 heavy (non-hydrogen) atoms. The van der Waals surface area contributed by atoms with Crippen molar-refractivity contribution in [3.63, 3.8) is 0 Å². The van der Waals surface area contributed by atoms with Crippen molar-refractivity contribution in [1.29, 1.82) is 0 Å². The second-order valence-corrected chi connectivity index (χ2v) is 5.07. The fraction of sp³-hybridized carbons (Fsp3) is 0.182. The number of amides is 1. The Hall–Kier alpha value is -1.74. The minimum Gasteiger partial charge on any atom is -0.299 e. The first kappa shape index (κ1) is 15.6. The fourth-order valence-electron chi connectivity index (χ4n) is 1.42. The van der Waals surface area contributed by atoms with Gasteiger partial charge in [0.05, 0.1) is 5.56 Å². The van der Waals surface area contributed by atoms with Gasteiger partial charge in [0.15, 0.2) is 0 Å². The topological polar surface area (TPSA) is 54.9 Å². The fourth-order valence-corrected chi connectivity index (χ4v) is 2.23. The van der Waals surface area contributed by atoms with E-state index in [1.54, 1.807) is 0 Å². The SMILES string of the molecule is O=C(CCl)Nc1nnc(-c2cc(F)cc(C(F)(F)F)c2)s1. The smallest absolute Gasteiger partial charge is 0.299 e. The number of anilines is 1. The summed E-state index contributed by atoms with van der Waals surface area (Å²) in [5.41, 5.74) is -1.20. The van der Waals surface area contributed by atoms with Gasteiger partial charge in [-0.2, -0.15) is 13.2 Å². The van der Waals surface area contributed by atoms with Gasteiger partial charge in [0.25, 0.3) is 0 Å². The average Bonchev–Trinajstić information content (AvgIpc) is 2.85. The molecule has 0 saturated heterocycles. The summed E-state index contributed by atoms with van der Waals surface area (Å²) >= 11 is 6.10. The van der Waals surface area contributed by atoms with Crippen LogP contribution in [-0.4, -0.2) is 22.0 Å². The summed E-state index contributed by atoms with van der Waals surface area (Å²) in [6.07, 6.45) is -4.67. The highest BCUT2D eigenvalue weighted by Gasteiger charge is 2.31. The Morgan fingerprint density at radius 1 is 1.29 bits per heavy atom. The first-order valence-corrected chi connectivity index (χ1v) is 6.72. The summed E-state index contributed by atoms with van der Waals surface area (Å²) in [4.78, 5) is 11.1. The second kappa shape index (κ2) is 5.94. The molecule has 0 aliphatic carbocycles. The van der Waals surface area contributed by atoms with E-state index in [1.807, 2.05) is 0 Å². The Balaban J connectivity index is 2.34. The van der Waals surface area contributed by atoms with Crippen molar-refractivity contribution < 1.29 is 22.4 Å². The highest BCUT2D eigenvalue weighted by Crippen LogP contribution is 2.34. The number of benzene rings is 1. The van der Waals surface area contributed by atoms with Crippen molar-refractivity contribution in [2.75, 3.05) is 11.2 Å². The number of carbonyl (C=O) groups is 1. The summed E-state index contributed by atoms with van der Waals surface area (Å²) in [6.45, 7) is 0.